The van der Waals surface area contributed by atoms with Gasteiger partial charge in [0.2, 0.25) is 35.0 Å². The van der Waals surface area contributed by atoms with Gasteiger partial charge < -0.3 is 9.47 Å². The van der Waals surface area contributed by atoms with Crippen molar-refractivity contribution in [1.29, 1.82) is 0 Å². The molecule has 1 N–H and O–H groups in total. The van der Waals surface area contributed by atoms with Crippen molar-refractivity contribution in [3.63, 3.8) is 0 Å². The van der Waals surface area contributed by atoms with E-state index in [1.807, 2.05) is 0 Å². The highest BCUT2D eigenvalue weighted by Crippen LogP contribution is 2.66. The molecule has 1 saturated carbocycles. The monoisotopic (exact) mass is 584 g/mol. The molecule has 0 aromatic heterocycles. The van der Waals surface area contributed by atoms with Crippen molar-refractivity contribution >= 4 is 44.0 Å². The number of hydrogen-bond donors (Lipinski definition) is 1. The Bertz CT molecular complexity index is 1080. The fraction of sp³-hybridized carbons (Fsp3) is 0.300. The van der Waals surface area contributed by atoms with Gasteiger partial charge in [0.1, 0.15) is 12.4 Å². The Labute approximate surface area is 196 Å². The number of methoxy groups -OCH3 is 1. The van der Waals surface area contributed by atoms with Crippen LogP contribution < -0.4 is 14.9 Å². The van der Waals surface area contributed by atoms with Gasteiger partial charge in [0.05, 0.1) is 22.0 Å². The molecule has 12 heteroatoms. The number of nitrogens with zero attached hydrogens (tertiary/aromatic N) is 1. The van der Waals surface area contributed by atoms with E-state index in [1.54, 1.807) is 13.0 Å². The molecule has 5 nitrogen and oxygen atoms in total. The highest BCUT2D eigenvalue weighted by atomic mass is 79.9. The quantitative estimate of drug-likeness (QED) is 0.120. The smallest absolute Gasteiger partial charge is 0.248 e. The molecule has 0 radical (unpaired) electrons. The minimum absolute atomic E-state index is 0.237. The van der Waals surface area contributed by atoms with E-state index in [4.69, 9.17) is 9.47 Å². The molecule has 32 heavy (non-hydrogen) atoms. The van der Waals surface area contributed by atoms with Gasteiger partial charge in [-0.15, -0.1) is 0 Å². The van der Waals surface area contributed by atoms with Crippen LogP contribution >= 0.6 is 31.9 Å². The molecule has 172 valence electrons. The van der Waals surface area contributed by atoms with Gasteiger partial charge in [-0.3, -0.25) is 4.79 Å². The van der Waals surface area contributed by atoms with E-state index < -0.39 is 50.1 Å². The van der Waals surface area contributed by atoms with Gasteiger partial charge in [0.15, 0.2) is 5.75 Å². The number of hydrazone groups is 1. The van der Waals surface area contributed by atoms with E-state index in [1.165, 1.54) is 25.5 Å². The number of benzene rings is 2. The average molecular weight is 586 g/mol. The SMILES string of the molecule is COc1ccc(C=NNC(=O)C2(C)CC2(Br)Br)cc1COc1c(F)c(F)c(F)c(F)c1F. The fourth-order valence-corrected chi connectivity index (χ4v) is 4.27. The molecule has 0 spiro atoms. The van der Waals surface area contributed by atoms with Gasteiger partial charge in [0.25, 0.3) is 0 Å². The Kier molecular flexibility index (Phi) is 6.85. The van der Waals surface area contributed by atoms with Crippen molar-refractivity contribution in [1.82, 2.24) is 5.43 Å². The molecule has 1 unspecified atom stereocenters. The van der Waals surface area contributed by atoms with E-state index >= 15 is 0 Å². The summed E-state index contributed by atoms with van der Waals surface area (Å²) >= 11 is 6.77. The fourth-order valence-electron chi connectivity index (χ4n) is 2.79. The van der Waals surface area contributed by atoms with Crippen molar-refractivity contribution in [2.24, 2.45) is 10.5 Å². The second-order valence-electron chi connectivity index (χ2n) is 7.17. The van der Waals surface area contributed by atoms with Crippen LogP contribution in [0.15, 0.2) is 23.3 Å². The largest absolute Gasteiger partial charge is 0.496 e. The first-order valence-corrected chi connectivity index (χ1v) is 10.5. The number of carbonyl (C=O) groups excluding carboxylic acids is 1. The summed E-state index contributed by atoms with van der Waals surface area (Å²) in [4.78, 5) is 12.2. The number of amides is 1. The molecule has 2 aromatic carbocycles. The summed E-state index contributed by atoms with van der Waals surface area (Å²) in [5.74, 6) is -12.1. The van der Waals surface area contributed by atoms with Crippen molar-refractivity contribution in [3.8, 4) is 11.5 Å². The first kappa shape index (κ1) is 24.4. The highest BCUT2D eigenvalue weighted by molar-refractivity contribution is 9.25. The van der Waals surface area contributed by atoms with Crippen LogP contribution in [0.25, 0.3) is 0 Å². The second-order valence-corrected chi connectivity index (χ2v) is 10.9. The lowest BCUT2D eigenvalue weighted by atomic mass is 10.1. The molecule has 1 aliphatic carbocycles. The molecule has 0 bridgehead atoms. The molecule has 3 rings (SSSR count). The summed E-state index contributed by atoms with van der Waals surface area (Å²) in [6.07, 6.45) is 1.89. The highest BCUT2D eigenvalue weighted by Gasteiger charge is 2.66. The van der Waals surface area contributed by atoms with Crippen LogP contribution in [0.1, 0.15) is 24.5 Å². The van der Waals surface area contributed by atoms with Crippen LogP contribution in [0.5, 0.6) is 11.5 Å². The lowest BCUT2D eigenvalue weighted by Gasteiger charge is -2.13. The maximum atomic E-state index is 13.8. The Balaban J connectivity index is 1.76. The normalized spacial score (nSPS) is 19.2. The van der Waals surface area contributed by atoms with Crippen LogP contribution in [0.4, 0.5) is 22.0 Å². The Morgan fingerprint density at radius 1 is 1.12 bits per heavy atom. The summed E-state index contributed by atoms with van der Waals surface area (Å²) in [6, 6.07) is 4.53. The van der Waals surface area contributed by atoms with Gasteiger partial charge in [-0.2, -0.15) is 13.9 Å². The van der Waals surface area contributed by atoms with Crippen molar-refractivity contribution in [2.45, 2.75) is 23.2 Å². The molecule has 1 aliphatic rings. The Hall–Kier alpha value is -2.21. The summed E-state index contributed by atoms with van der Waals surface area (Å²) in [7, 11) is 1.33. The lowest BCUT2D eigenvalue weighted by molar-refractivity contribution is -0.125. The third kappa shape index (κ3) is 4.47. The second kappa shape index (κ2) is 8.97. The van der Waals surface area contributed by atoms with Crippen LogP contribution in [-0.4, -0.2) is 22.5 Å². The Morgan fingerprint density at radius 2 is 1.69 bits per heavy atom. The summed E-state index contributed by atoms with van der Waals surface area (Å²) in [5.41, 5.74) is 2.44. The number of alkyl halides is 2. The number of carbonyl (C=O) groups is 1. The van der Waals surface area contributed by atoms with Crippen molar-refractivity contribution in [3.05, 3.63) is 58.4 Å². The molecule has 1 atom stereocenters. The summed E-state index contributed by atoms with van der Waals surface area (Å²) in [5, 5.41) is 3.88. The van der Waals surface area contributed by atoms with E-state index in [2.05, 4.69) is 42.4 Å². The first-order chi connectivity index (χ1) is 14.9. The zero-order valence-electron chi connectivity index (χ0n) is 16.5. The number of halogens is 7. The minimum atomic E-state index is -2.28. The van der Waals surface area contributed by atoms with Gasteiger partial charge in [-0.05, 0) is 37.1 Å². The summed E-state index contributed by atoms with van der Waals surface area (Å²) < 4.78 is 77.1. The zero-order chi connectivity index (χ0) is 23.8. The third-order valence-corrected chi connectivity index (χ3v) is 7.30. The van der Waals surface area contributed by atoms with Crippen LogP contribution in [0, 0.1) is 34.5 Å². The third-order valence-electron chi connectivity index (χ3n) is 4.98. The van der Waals surface area contributed by atoms with Gasteiger partial charge >= 0.3 is 0 Å². The number of rotatable bonds is 7. The van der Waals surface area contributed by atoms with E-state index in [0.717, 1.165) is 0 Å². The standard InChI is InChI=1S/C20H15Br2F5N2O3/c1-19(8-20(19,21)22)18(30)29-28-6-9-3-4-11(31-2)10(5-9)7-32-17-15(26)13(24)12(23)14(25)16(17)27/h3-6H,7-8H2,1-2H3,(H,29,30). The zero-order valence-corrected chi connectivity index (χ0v) is 19.7. The van der Waals surface area contributed by atoms with Crippen LogP contribution in [-0.2, 0) is 11.4 Å². The maximum Gasteiger partial charge on any atom is 0.248 e. The van der Waals surface area contributed by atoms with Gasteiger partial charge in [0, 0.05) is 5.56 Å². The topological polar surface area (TPSA) is 59.9 Å². The number of ether oxygens (including phenoxy) is 2. The van der Waals surface area contributed by atoms with Gasteiger partial charge in [-0.1, -0.05) is 31.9 Å². The molecule has 1 fully saturated rings. The first-order valence-electron chi connectivity index (χ1n) is 8.95. The van der Waals surface area contributed by atoms with Crippen LogP contribution in [0.2, 0.25) is 0 Å². The molecular weight excluding hydrogens is 571 g/mol. The van der Waals surface area contributed by atoms with Crippen molar-refractivity contribution in [2.75, 3.05) is 7.11 Å². The molecule has 1 amide bonds. The van der Waals surface area contributed by atoms with E-state index in [9.17, 15) is 26.7 Å². The number of nitrogens with one attached hydrogen (secondary N) is 1. The lowest BCUT2D eigenvalue weighted by Crippen LogP contribution is -2.29. The van der Waals surface area contributed by atoms with Crippen molar-refractivity contribution < 1.29 is 36.2 Å². The molecule has 2 aromatic rings. The molecule has 0 saturated heterocycles. The Morgan fingerprint density at radius 3 is 2.22 bits per heavy atom. The predicted molar refractivity (Wildman–Crippen MR) is 113 cm³/mol. The van der Waals surface area contributed by atoms with Gasteiger partial charge in [-0.25, -0.2) is 18.6 Å². The molecule has 0 aliphatic heterocycles. The summed E-state index contributed by atoms with van der Waals surface area (Å²) in [6.45, 7) is 1.19. The molecular formula is C20H15Br2F5N2O3. The number of hydrogen-bond acceptors (Lipinski definition) is 4. The average Bonchev–Trinajstić information content (AvgIpc) is 3.29. The maximum absolute atomic E-state index is 13.8. The predicted octanol–water partition coefficient (Wildman–Crippen LogP) is 5.32. The van der Waals surface area contributed by atoms with E-state index in [0.29, 0.717) is 12.0 Å². The van der Waals surface area contributed by atoms with E-state index in [-0.39, 0.29) is 17.2 Å². The minimum Gasteiger partial charge on any atom is -0.496 e. The van der Waals surface area contributed by atoms with Crippen LogP contribution in [0.3, 0.4) is 0 Å². The molecule has 0 heterocycles.